The van der Waals surface area contributed by atoms with Gasteiger partial charge in [-0.25, -0.2) is 0 Å². The number of nitriles is 1. The van der Waals surface area contributed by atoms with Crippen molar-refractivity contribution in [2.24, 2.45) is 0 Å². The lowest BCUT2D eigenvalue weighted by atomic mass is 9.95. The van der Waals surface area contributed by atoms with Gasteiger partial charge in [-0.2, -0.15) is 5.26 Å². The third-order valence-electron chi connectivity index (χ3n) is 6.78. The number of carbonyl (C=O) groups excluding carboxylic acids is 1. The second-order valence-electron chi connectivity index (χ2n) is 8.68. The van der Waals surface area contributed by atoms with Crippen LogP contribution in [0.2, 0.25) is 0 Å². The van der Waals surface area contributed by atoms with E-state index in [0.29, 0.717) is 5.56 Å². The molecule has 1 aromatic carbocycles. The Labute approximate surface area is 189 Å². The molecule has 0 radical (unpaired) electrons. The molecule has 31 heavy (non-hydrogen) atoms. The quantitative estimate of drug-likeness (QED) is 0.792. The van der Waals surface area contributed by atoms with E-state index in [2.05, 4.69) is 32.2 Å². The smallest absolute Gasteiger partial charge is 0.238 e. The molecule has 6 nitrogen and oxygen atoms in total. The Bertz CT molecular complexity index is 972. The van der Waals surface area contributed by atoms with Gasteiger partial charge in [-0.05, 0) is 87.3 Å². The second kappa shape index (κ2) is 9.35. The van der Waals surface area contributed by atoms with Crippen molar-refractivity contribution >= 4 is 24.0 Å². The number of nitrogens with zero attached hydrogens (tertiary/aromatic N) is 4. The highest BCUT2D eigenvalue weighted by molar-refractivity contribution is 6.04. The topological polar surface area (TPSA) is 72.3 Å². The molecule has 0 saturated carbocycles. The van der Waals surface area contributed by atoms with Crippen LogP contribution in [-0.4, -0.2) is 52.9 Å². The van der Waals surface area contributed by atoms with Crippen molar-refractivity contribution in [3.05, 3.63) is 58.9 Å². The number of hydrogen-bond donors (Lipinski definition) is 1. The largest absolute Gasteiger partial charge is 0.325 e. The number of hydrogen-bond acceptors (Lipinski definition) is 5. The standard InChI is InChI=1S/C24H27N5O.ClH/c25-14-17-3-5-21-20(13-17)23(24(30)27-21)22-6-4-18(15-26-22)16-28-11-7-19(8-12-28)29-9-1-2-10-29;/h3-6,13,15,19,23H,1-2,7-12,16H2,(H,27,30);1H. The van der Waals surface area contributed by atoms with Crippen LogP contribution in [0.4, 0.5) is 5.69 Å². The van der Waals surface area contributed by atoms with E-state index in [1.807, 2.05) is 12.3 Å². The summed E-state index contributed by atoms with van der Waals surface area (Å²) < 4.78 is 0. The Morgan fingerprint density at radius 2 is 1.87 bits per heavy atom. The average molecular weight is 438 g/mol. The predicted molar refractivity (Wildman–Crippen MR) is 122 cm³/mol. The lowest BCUT2D eigenvalue weighted by Gasteiger charge is -2.36. The van der Waals surface area contributed by atoms with Gasteiger partial charge in [0.05, 0.1) is 17.3 Å². The third kappa shape index (κ3) is 4.45. The number of benzene rings is 1. The van der Waals surface area contributed by atoms with E-state index in [0.717, 1.165) is 42.6 Å². The fraction of sp³-hybridized carbons (Fsp3) is 0.458. The monoisotopic (exact) mass is 437 g/mol. The molecule has 1 atom stereocenters. The Hall–Kier alpha value is -2.46. The summed E-state index contributed by atoms with van der Waals surface area (Å²) in [6.07, 6.45) is 7.14. The molecule has 0 aliphatic carbocycles. The molecule has 0 spiro atoms. The van der Waals surface area contributed by atoms with Crippen LogP contribution in [0.1, 0.15) is 54.0 Å². The molecule has 2 fully saturated rings. The zero-order valence-corrected chi connectivity index (χ0v) is 18.4. The Morgan fingerprint density at radius 3 is 2.55 bits per heavy atom. The van der Waals surface area contributed by atoms with Gasteiger partial charge in [-0.3, -0.25) is 14.7 Å². The van der Waals surface area contributed by atoms with Crippen LogP contribution in [0.15, 0.2) is 36.5 Å². The maximum absolute atomic E-state index is 12.5. The molecule has 2 aromatic rings. The molecule has 2 saturated heterocycles. The predicted octanol–water partition coefficient (Wildman–Crippen LogP) is 3.52. The van der Waals surface area contributed by atoms with Gasteiger partial charge < -0.3 is 10.2 Å². The fourth-order valence-electron chi connectivity index (χ4n) is 5.13. The number of amides is 1. The van der Waals surface area contributed by atoms with Crippen LogP contribution >= 0.6 is 12.4 Å². The highest BCUT2D eigenvalue weighted by Gasteiger charge is 2.33. The first kappa shape index (κ1) is 21.8. The molecule has 5 rings (SSSR count). The number of fused-ring (bicyclic) bond motifs is 1. The average Bonchev–Trinajstić information content (AvgIpc) is 3.42. The highest BCUT2D eigenvalue weighted by Crippen LogP contribution is 2.37. The number of likely N-dealkylation sites (tertiary alicyclic amines) is 2. The Morgan fingerprint density at radius 1 is 1.10 bits per heavy atom. The van der Waals surface area contributed by atoms with Gasteiger partial charge in [0.2, 0.25) is 5.91 Å². The number of anilines is 1. The van der Waals surface area contributed by atoms with E-state index in [-0.39, 0.29) is 18.3 Å². The summed E-state index contributed by atoms with van der Waals surface area (Å²) >= 11 is 0. The molecular weight excluding hydrogens is 410 g/mol. The van der Waals surface area contributed by atoms with E-state index < -0.39 is 5.92 Å². The summed E-state index contributed by atoms with van der Waals surface area (Å²) in [5.41, 5.74) is 4.09. The minimum Gasteiger partial charge on any atom is -0.325 e. The van der Waals surface area contributed by atoms with Gasteiger partial charge >= 0.3 is 0 Å². The first-order valence-electron chi connectivity index (χ1n) is 11.0. The zero-order valence-electron chi connectivity index (χ0n) is 17.6. The SMILES string of the molecule is Cl.N#Cc1ccc2c(c1)C(c1ccc(CN3CCC(N4CCCC4)CC3)cn1)C(=O)N2. The van der Waals surface area contributed by atoms with Crippen LogP contribution in [0.25, 0.3) is 0 Å². The molecular formula is C24H28ClN5O. The van der Waals surface area contributed by atoms with Crippen LogP contribution < -0.4 is 5.32 Å². The van der Waals surface area contributed by atoms with Gasteiger partial charge in [0.1, 0.15) is 5.92 Å². The zero-order chi connectivity index (χ0) is 20.5. The summed E-state index contributed by atoms with van der Waals surface area (Å²) in [5.74, 6) is -0.525. The first-order valence-corrected chi connectivity index (χ1v) is 11.0. The van der Waals surface area contributed by atoms with Crippen molar-refractivity contribution in [1.82, 2.24) is 14.8 Å². The van der Waals surface area contributed by atoms with Crippen molar-refractivity contribution in [2.45, 2.75) is 44.2 Å². The number of halogens is 1. The summed E-state index contributed by atoms with van der Waals surface area (Å²) in [7, 11) is 0. The Kier molecular flexibility index (Phi) is 6.57. The number of carbonyl (C=O) groups is 1. The summed E-state index contributed by atoms with van der Waals surface area (Å²) in [6, 6.07) is 12.3. The van der Waals surface area contributed by atoms with Gasteiger partial charge in [-0.15, -0.1) is 12.4 Å². The molecule has 1 aromatic heterocycles. The van der Waals surface area contributed by atoms with E-state index >= 15 is 0 Å². The number of rotatable bonds is 4. The maximum atomic E-state index is 12.5. The van der Waals surface area contributed by atoms with Crippen LogP contribution in [0.3, 0.4) is 0 Å². The van der Waals surface area contributed by atoms with Crippen molar-refractivity contribution in [3.8, 4) is 6.07 Å². The van der Waals surface area contributed by atoms with Crippen LogP contribution in [0.5, 0.6) is 0 Å². The minimum atomic E-state index is -0.446. The minimum absolute atomic E-state index is 0. The maximum Gasteiger partial charge on any atom is 0.238 e. The second-order valence-corrected chi connectivity index (χ2v) is 8.68. The highest BCUT2D eigenvalue weighted by atomic mass is 35.5. The van der Waals surface area contributed by atoms with E-state index in [1.54, 1.807) is 18.2 Å². The normalized spacial score (nSPS) is 21.9. The van der Waals surface area contributed by atoms with Crippen molar-refractivity contribution < 1.29 is 4.79 Å². The molecule has 7 heteroatoms. The summed E-state index contributed by atoms with van der Waals surface area (Å²) in [4.78, 5) is 22.3. The molecule has 3 aliphatic heterocycles. The molecule has 1 unspecified atom stereocenters. The fourth-order valence-corrected chi connectivity index (χ4v) is 5.13. The number of aromatic nitrogens is 1. The molecule has 0 bridgehead atoms. The van der Waals surface area contributed by atoms with Gasteiger partial charge in [0.25, 0.3) is 0 Å². The third-order valence-corrected chi connectivity index (χ3v) is 6.78. The molecule has 162 valence electrons. The van der Waals surface area contributed by atoms with Crippen molar-refractivity contribution in [1.29, 1.82) is 5.26 Å². The van der Waals surface area contributed by atoms with Crippen LogP contribution in [0, 0.1) is 11.3 Å². The van der Waals surface area contributed by atoms with E-state index in [1.165, 1.54) is 44.3 Å². The lowest BCUT2D eigenvalue weighted by molar-refractivity contribution is -0.116. The first-order chi connectivity index (χ1) is 14.7. The van der Waals surface area contributed by atoms with Gasteiger partial charge in [-0.1, -0.05) is 6.07 Å². The van der Waals surface area contributed by atoms with Crippen molar-refractivity contribution in [2.75, 3.05) is 31.5 Å². The summed E-state index contributed by atoms with van der Waals surface area (Å²) in [5, 5.41) is 12.1. The molecule has 4 heterocycles. The number of pyridine rings is 1. The molecule has 3 aliphatic rings. The van der Waals surface area contributed by atoms with E-state index in [9.17, 15) is 10.1 Å². The van der Waals surface area contributed by atoms with E-state index in [4.69, 9.17) is 0 Å². The van der Waals surface area contributed by atoms with Crippen LogP contribution in [-0.2, 0) is 11.3 Å². The number of piperidine rings is 1. The van der Waals surface area contributed by atoms with Gasteiger partial charge in [0, 0.05) is 24.5 Å². The summed E-state index contributed by atoms with van der Waals surface area (Å²) in [6.45, 7) is 5.75. The lowest BCUT2D eigenvalue weighted by Crippen LogP contribution is -2.43. The molecule has 1 N–H and O–H groups in total. The molecule has 1 amide bonds. The number of nitrogens with one attached hydrogen (secondary N) is 1. The van der Waals surface area contributed by atoms with Crippen molar-refractivity contribution in [3.63, 3.8) is 0 Å². The van der Waals surface area contributed by atoms with Gasteiger partial charge in [0.15, 0.2) is 0 Å². The Balaban J connectivity index is 0.00000231.